The Bertz CT molecular complexity index is 1210. The second-order valence-electron chi connectivity index (χ2n) is 19.5. The zero-order chi connectivity index (χ0) is 49.2. The van der Waals surface area contributed by atoms with Crippen molar-refractivity contribution in [2.24, 2.45) is 0 Å². The van der Waals surface area contributed by atoms with Crippen molar-refractivity contribution >= 4 is 11.9 Å². The molecule has 0 saturated carbocycles. The van der Waals surface area contributed by atoms with Gasteiger partial charge in [-0.15, -0.1) is 0 Å². The first kappa shape index (κ1) is 65.3. The lowest BCUT2D eigenvalue weighted by Crippen LogP contribution is -2.30. The number of allylic oxidation sites excluding steroid dienone is 12. The standard InChI is InChI=1S/C63H112O5/c1-4-7-10-13-16-19-22-25-28-31-32-34-35-38-41-44-47-50-53-56-62(64)67-60-61(59-66-58-55-52-49-46-43-40-37-30-27-24-21-18-15-12-9-6-3)68-63(65)57-54-51-48-45-42-39-36-33-29-26-23-20-17-14-11-8-5-2/h16,18-19,21,25-30,32,34,61H,4-15,17,20,22-24,31,33,35-60H2,1-3H3/b19-16-,21-18-,28-25-,29-26-,30-27-,34-32-. The molecule has 0 aromatic heterocycles. The summed E-state index contributed by atoms with van der Waals surface area (Å²) < 4.78 is 17.5. The molecular weight excluding hydrogens is 837 g/mol. The van der Waals surface area contributed by atoms with Crippen molar-refractivity contribution in [2.45, 2.75) is 297 Å². The molecule has 394 valence electrons. The first-order valence-corrected chi connectivity index (χ1v) is 29.5. The summed E-state index contributed by atoms with van der Waals surface area (Å²) in [5, 5.41) is 0. The highest BCUT2D eigenvalue weighted by Crippen LogP contribution is 2.15. The second-order valence-corrected chi connectivity index (χ2v) is 19.5. The molecule has 0 aromatic carbocycles. The van der Waals surface area contributed by atoms with Gasteiger partial charge in [0.2, 0.25) is 0 Å². The Morgan fingerprint density at radius 1 is 0.324 bits per heavy atom. The quantitative estimate of drug-likeness (QED) is 0.0345. The number of esters is 2. The number of hydrogen-bond donors (Lipinski definition) is 0. The molecule has 68 heavy (non-hydrogen) atoms. The summed E-state index contributed by atoms with van der Waals surface area (Å²) in [5.41, 5.74) is 0. The molecule has 0 bridgehead atoms. The predicted molar refractivity (Wildman–Crippen MR) is 297 cm³/mol. The molecule has 0 saturated heterocycles. The summed E-state index contributed by atoms with van der Waals surface area (Å²) in [6.07, 6.45) is 76.3. The fraction of sp³-hybridized carbons (Fsp3) is 0.778. The summed E-state index contributed by atoms with van der Waals surface area (Å²) in [7, 11) is 0. The Morgan fingerprint density at radius 2 is 0.618 bits per heavy atom. The summed E-state index contributed by atoms with van der Waals surface area (Å²) in [6, 6.07) is 0. The van der Waals surface area contributed by atoms with Gasteiger partial charge < -0.3 is 14.2 Å². The molecule has 0 aromatic rings. The molecule has 0 rings (SSSR count). The first-order valence-electron chi connectivity index (χ1n) is 29.5. The Hall–Kier alpha value is -2.66. The molecule has 0 radical (unpaired) electrons. The smallest absolute Gasteiger partial charge is 0.306 e. The van der Waals surface area contributed by atoms with E-state index in [-0.39, 0.29) is 25.2 Å². The molecular formula is C63H112O5. The Balaban J connectivity index is 4.32. The average Bonchev–Trinajstić information content (AvgIpc) is 3.34. The zero-order valence-electron chi connectivity index (χ0n) is 45.4. The fourth-order valence-electron chi connectivity index (χ4n) is 8.25. The molecule has 0 aliphatic rings. The van der Waals surface area contributed by atoms with Gasteiger partial charge in [0.05, 0.1) is 6.61 Å². The van der Waals surface area contributed by atoms with Crippen molar-refractivity contribution in [3.8, 4) is 0 Å². The van der Waals surface area contributed by atoms with Crippen LogP contribution in [0.1, 0.15) is 290 Å². The van der Waals surface area contributed by atoms with Crippen LogP contribution in [0.15, 0.2) is 72.9 Å². The van der Waals surface area contributed by atoms with Gasteiger partial charge in [0, 0.05) is 19.4 Å². The minimum Gasteiger partial charge on any atom is -0.462 e. The van der Waals surface area contributed by atoms with E-state index in [1.807, 2.05) is 0 Å². The summed E-state index contributed by atoms with van der Waals surface area (Å²) >= 11 is 0. The zero-order valence-corrected chi connectivity index (χ0v) is 45.4. The Morgan fingerprint density at radius 3 is 1.03 bits per heavy atom. The van der Waals surface area contributed by atoms with Crippen molar-refractivity contribution in [3.63, 3.8) is 0 Å². The van der Waals surface area contributed by atoms with E-state index in [4.69, 9.17) is 14.2 Å². The van der Waals surface area contributed by atoms with Crippen LogP contribution in [-0.4, -0.2) is 37.9 Å². The van der Waals surface area contributed by atoms with Crippen molar-refractivity contribution < 1.29 is 23.8 Å². The Kier molecular flexibility index (Phi) is 56.4. The number of carbonyl (C=O) groups is 2. The van der Waals surface area contributed by atoms with Crippen LogP contribution in [0.5, 0.6) is 0 Å². The molecule has 0 spiro atoms. The van der Waals surface area contributed by atoms with E-state index in [2.05, 4.69) is 93.7 Å². The molecule has 0 N–H and O–H groups in total. The van der Waals surface area contributed by atoms with Crippen molar-refractivity contribution in [1.82, 2.24) is 0 Å². The molecule has 1 atom stereocenters. The number of hydrogen-bond acceptors (Lipinski definition) is 5. The van der Waals surface area contributed by atoms with Gasteiger partial charge in [0.25, 0.3) is 0 Å². The van der Waals surface area contributed by atoms with E-state index in [1.165, 1.54) is 180 Å². The number of rotatable bonds is 54. The molecule has 0 aliphatic carbocycles. The van der Waals surface area contributed by atoms with E-state index in [0.717, 1.165) is 77.0 Å². The van der Waals surface area contributed by atoms with Crippen molar-refractivity contribution in [3.05, 3.63) is 72.9 Å². The van der Waals surface area contributed by atoms with Gasteiger partial charge in [-0.2, -0.15) is 0 Å². The van der Waals surface area contributed by atoms with Crippen molar-refractivity contribution in [2.75, 3.05) is 19.8 Å². The monoisotopic (exact) mass is 949 g/mol. The van der Waals surface area contributed by atoms with Crippen molar-refractivity contribution in [1.29, 1.82) is 0 Å². The SMILES string of the molecule is CCCCC/C=C\C/C=C\C/C=C\CCCCCCCCC(=O)OCC(COCCCCCCCC/C=C\C/C=C\CCCCC)OC(=O)CCCCCCCCC/C=C\CCCCCCCC. The summed E-state index contributed by atoms with van der Waals surface area (Å²) in [6.45, 7) is 7.76. The van der Waals surface area contributed by atoms with E-state index >= 15 is 0 Å². The van der Waals surface area contributed by atoms with Crippen LogP contribution in [0.3, 0.4) is 0 Å². The molecule has 0 amide bonds. The van der Waals surface area contributed by atoms with Gasteiger partial charge in [0.1, 0.15) is 6.61 Å². The summed E-state index contributed by atoms with van der Waals surface area (Å²) in [4.78, 5) is 25.5. The molecule has 5 heteroatoms. The fourth-order valence-corrected chi connectivity index (χ4v) is 8.25. The topological polar surface area (TPSA) is 61.8 Å². The maximum atomic E-state index is 12.9. The number of ether oxygens (including phenoxy) is 3. The van der Waals surface area contributed by atoms with Crippen LogP contribution in [0.2, 0.25) is 0 Å². The molecule has 0 aliphatic heterocycles. The number of unbranched alkanes of at least 4 members (excludes halogenated alkanes) is 31. The Labute approximate surface area is 423 Å². The van der Waals surface area contributed by atoms with Crippen LogP contribution in [0, 0.1) is 0 Å². The lowest BCUT2D eigenvalue weighted by atomic mass is 10.1. The molecule has 0 fully saturated rings. The highest BCUT2D eigenvalue weighted by atomic mass is 16.6. The maximum Gasteiger partial charge on any atom is 0.306 e. The maximum absolute atomic E-state index is 12.9. The lowest BCUT2D eigenvalue weighted by Gasteiger charge is -2.18. The van der Waals surface area contributed by atoms with Gasteiger partial charge in [0.15, 0.2) is 6.10 Å². The third-order valence-electron chi connectivity index (χ3n) is 12.7. The predicted octanol–water partition coefficient (Wildman–Crippen LogP) is 20.2. The minimum atomic E-state index is -0.553. The third-order valence-corrected chi connectivity index (χ3v) is 12.7. The molecule has 0 heterocycles. The van der Waals surface area contributed by atoms with Crippen LogP contribution >= 0.6 is 0 Å². The minimum absolute atomic E-state index is 0.0714. The van der Waals surface area contributed by atoms with Gasteiger partial charge in [-0.05, 0) is 116 Å². The highest BCUT2D eigenvalue weighted by Gasteiger charge is 2.17. The lowest BCUT2D eigenvalue weighted by molar-refractivity contribution is -0.163. The summed E-state index contributed by atoms with van der Waals surface area (Å²) in [5.74, 6) is -0.414. The van der Waals surface area contributed by atoms with Gasteiger partial charge in [-0.25, -0.2) is 0 Å². The first-order chi connectivity index (χ1) is 33.6. The highest BCUT2D eigenvalue weighted by molar-refractivity contribution is 5.70. The van der Waals surface area contributed by atoms with E-state index in [0.29, 0.717) is 19.4 Å². The van der Waals surface area contributed by atoms with Crippen LogP contribution in [0.25, 0.3) is 0 Å². The molecule has 1 unspecified atom stereocenters. The normalized spacial score (nSPS) is 12.7. The van der Waals surface area contributed by atoms with E-state index in [1.54, 1.807) is 0 Å². The molecule has 5 nitrogen and oxygen atoms in total. The van der Waals surface area contributed by atoms with Crippen LogP contribution < -0.4 is 0 Å². The van der Waals surface area contributed by atoms with Gasteiger partial charge in [-0.3, -0.25) is 9.59 Å². The number of carbonyl (C=O) groups excluding carboxylic acids is 2. The van der Waals surface area contributed by atoms with E-state index in [9.17, 15) is 9.59 Å². The van der Waals surface area contributed by atoms with Gasteiger partial charge in [-0.1, -0.05) is 235 Å². The third kappa shape index (κ3) is 55.9. The van der Waals surface area contributed by atoms with Crippen LogP contribution in [0.4, 0.5) is 0 Å². The van der Waals surface area contributed by atoms with Gasteiger partial charge >= 0.3 is 11.9 Å². The van der Waals surface area contributed by atoms with E-state index < -0.39 is 6.10 Å². The largest absolute Gasteiger partial charge is 0.462 e. The average molecular weight is 950 g/mol. The van der Waals surface area contributed by atoms with Crippen LogP contribution in [-0.2, 0) is 23.8 Å². The second kappa shape index (κ2) is 58.7.